The number of benzene rings is 1. The van der Waals surface area contributed by atoms with E-state index in [0.717, 1.165) is 11.1 Å². The first-order valence-electron chi connectivity index (χ1n) is 12.7. The average Bonchev–Trinajstić information content (AvgIpc) is 3.66. The summed E-state index contributed by atoms with van der Waals surface area (Å²) in [6.07, 6.45) is 4.02. The van der Waals surface area contributed by atoms with Crippen LogP contribution in [0.3, 0.4) is 0 Å². The van der Waals surface area contributed by atoms with Crippen LogP contribution in [0.4, 0.5) is 4.39 Å². The number of hydrogen-bond acceptors (Lipinski definition) is 7. The summed E-state index contributed by atoms with van der Waals surface area (Å²) in [4.78, 5) is 48.1. The van der Waals surface area contributed by atoms with Crippen molar-refractivity contribution in [1.82, 2.24) is 39.6 Å². The zero-order valence-corrected chi connectivity index (χ0v) is 23.3. The van der Waals surface area contributed by atoms with Crippen LogP contribution in [0, 0.1) is 6.92 Å². The molecular formula is C28H24BrFN8O2. The van der Waals surface area contributed by atoms with Crippen molar-refractivity contribution in [1.29, 1.82) is 0 Å². The summed E-state index contributed by atoms with van der Waals surface area (Å²) in [5.41, 5.74) is 3.87. The Balaban J connectivity index is 1.29. The van der Waals surface area contributed by atoms with Gasteiger partial charge >= 0.3 is 0 Å². The van der Waals surface area contributed by atoms with Crippen molar-refractivity contribution in [3.63, 3.8) is 0 Å². The van der Waals surface area contributed by atoms with Gasteiger partial charge < -0.3 is 9.88 Å². The predicted octanol–water partition coefficient (Wildman–Crippen LogP) is 4.86. The van der Waals surface area contributed by atoms with E-state index in [-0.39, 0.29) is 36.9 Å². The molecule has 4 aromatic heterocycles. The number of likely N-dealkylation sites (tertiary alicyclic amines) is 1. The molecule has 0 radical (unpaired) electrons. The number of Topliss-reactive ketones (excluding diaryl/α,β-unsaturated/α-hetero) is 1. The molecule has 10 nitrogen and oxygen atoms in total. The standard InChI is InChI=1S/C28H24BrFN8O2/c1-15(39)27-20-8-17(18-10-31-16(2)32-11-18)6-7-23(20)38(36-27)14-26(40)37-13-19(30)9-24(37)28-33-12-22(35-28)21-4-3-5-25(29)34-21/h3-8,10-12,19,24H,9,13-14H2,1-2H3,(H,33,35)/t19-,24+/m1/s1. The maximum Gasteiger partial charge on any atom is 0.245 e. The van der Waals surface area contributed by atoms with Gasteiger partial charge in [0, 0.05) is 36.7 Å². The molecule has 40 heavy (non-hydrogen) atoms. The van der Waals surface area contributed by atoms with Crippen LogP contribution in [-0.4, -0.2) is 64.0 Å². The van der Waals surface area contributed by atoms with Gasteiger partial charge in [-0.25, -0.2) is 24.3 Å². The van der Waals surface area contributed by atoms with Crippen LogP contribution >= 0.6 is 15.9 Å². The minimum Gasteiger partial charge on any atom is -0.339 e. The molecule has 1 amide bonds. The molecule has 5 aromatic rings. The number of pyridine rings is 1. The quantitative estimate of drug-likeness (QED) is 0.217. The Labute approximate surface area is 236 Å². The fourth-order valence-electron chi connectivity index (χ4n) is 5.01. The topological polar surface area (TPSA) is 123 Å². The third kappa shape index (κ3) is 4.90. The molecule has 0 aliphatic carbocycles. The van der Waals surface area contributed by atoms with Gasteiger partial charge in [0.25, 0.3) is 0 Å². The number of rotatable bonds is 6. The normalized spacial score (nSPS) is 17.1. The number of H-pyrrole nitrogens is 1. The molecule has 0 bridgehead atoms. The summed E-state index contributed by atoms with van der Waals surface area (Å²) in [5.74, 6) is 0.608. The molecule has 5 heterocycles. The Hall–Kier alpha value is -4.32. The highest BCUT2D eigenvalue weighted by atomic mass is 79.9. The summed E-state index contributed by atoms with van der Waals surface area (Å²) in [6, 6.07) is 10.5. The Kier molecular flexibility index (Phi) is 6.70. The van der Waals surface area contributed by atoms with Gasteiger partial charge in [0.2, 0.25) is 5.91 Å². The molecule has 1 saturated heterocycles. The molecule has 1 aliphatic heterocycles. The van der Waals surface area contributed by atoms with Crippen LogP contribution in [0.25, 0.3) is 33.4 Å². The Morgan fingerprint density at radius 1 is 1.10 bits per heavy atom. The van der Waals surface area contributed by atoms with Crippen LogP contribution in [0.2, 0.25) is 0 Å². The van der Waals surface area contributed by atoms with Crippen molar-refractivity contribution in [2.24, 2.45) is 0 Å². The van der Waals surface area contributed by atoms with E-state index >= 15 is 0 Å². The SMILES string of the molecule is CC(=O)c1nn(CC(=O)N2C[C@H](F)C[C@H]2c2ncc(-c3cccc(Br)n3)[nH]2)c2ccc(-c3cnc(C)nc3)cc12. The fraction of sp³-hybridized carbons (Fsp3) is 0.250. The lowest BCUT2D eigenvalue weighted by Gasteiger charge is -2.23. The Morgan fingerprint density at radius 2 is 1.90 bits per heavy atom. The molecule has 0 unspecified atom stereocenters. The van der Waals surface area contributed by atoms with E-state index in [1.165, 1.54) is 16.5 Å². The highest BCUT2D eigenvalue weighted by Gasteiger charge is 2.38. The minimum atomic E-state index is -1.19. The number of nitrogens with one attached hydrogen (secondary N) is 1. The molecule has 202 valence electrons. The largest absolute Gasteiger partial charge is 0.339 e. The van der Waals surface area contributed by atoms with Crippen LogP contribution < -0.4 is 0 Å². The van der Waals surface area contributed by atoms with E-state index in [1.54, 1.807) is 18.6 Å². The number of carbonyl (C=O) groups is 2. The van der Waals surface area contributed by atoms with Crippen LogP contribution in [0.15, 0.2) is 59.6 Å². The van der Waals surface area contributed by atoms with E-state index in [4.69, 9.17) is 0 Å². The van der Waals surface area contributed by atoms with Gasteiger partial charge in [0.05, 0.1) is 35.7 Å². The second kappa shape index (κ2) is 10.3. The van der Waals surface area contributed by atoms with Crippen molar-refractivity contribution >= 4 is 38.5 Å². The number of alkyl halides is 1. The second-order valence-electron chi connectivity index (χ2n) is 9.74. The average molecular weight is 603 g/mol. The van der Waals surface area contributed by atoms with E-state index in [9.17, 15) is 14.0 Å². The summed E-state index contributed by atoms with van der Waals surface area (Å²) in [6.45, 7) is 3.04. The number of aryl methyl sites for hydroxylation is 1. The number of aromatic nitrogens is 7. The molecule has 2 atom stereocenters. The first-order valence-corrected chi connectivity index (χ1v) is 13.5. The van der Waals surface area contributed by atoms with Crippen molar-refractivity contribution in [2.45, 2.75) is 39.0 Å². The number of fused-ring (bicyclic) bond motifs is 1. The van der Waals surface area contributed by atoms with Gasteiger partial charge in [0.1, 0.15) is 34.7 Å². The second-order valence-corrected chi connectivity index (χ2v) is 10.5. The maximum absolute atomic E-state index is 14.7. The number of halogens is 2. The van der Waals surface area contributed by atoms with E-state index in [2.05, 4.69) is 45.9 Å². The smallest absolute Gasteiger partial charge is 0.245 e. The number of nitrogens with zero attached hydrogens (tertiary/aromatic N) is 7. The first-order chi connectivity index (χ1) is 19.3. The zero-order chi connectivity index (χ0) is 28.0. The van der Waals surface area contributed by atoms with Gasteiger partial charge in [-0.1, -0.05) is 12.1 Å². The molecule has 1 N–H and O–H groups in total. The van der Waals surface area contributed by atoms with Crippen molar-refractivity contribution in [3.8, 4) is 22.5 Å². The third-order valence-electron chi connectivity index (χ3n) is 6.96. The van der Waals surface area contributed by atoms with E-state index in [1.807, 2.05) is 43.3 Å². The monoisotopic (exact) mass is 602 g/mol. The van der Waals surface area contributed by atoms with Crippen molar-refractivity contribution < 1.29 is 14.0 Å². The fourth-order valence-corrected chi connectivity index (χ4v) is 5.36. The highest BCUT2D eigenvalue weighted by Crippen LogP contribution is 2.34. The molecule has 1 aromatic carbocycles. The van der Waals surface area contributed by atoms with Gasteiger partial charge in [-0.05, 0) is 52.7 Å². The number of aromatic amines is 1. The van der Waals surface area contributed by atoms with Gasteiger partial charge in [-0.15, -0.1) is 0 Å². The van der Waals surface area contributed by atoms with Gasteiger partial charge in [0.15, 0.2) is 5.78 Å². The minimum absolute atomic E-state index is 0.0506. The van der Waals surface area contributed by atoms with Crippen LogP contribution in [0.1, 0.15) is 41.5 Å². The Bertz CT molecular complexity index is 1750. The maximum atomic E-state index is 14.7. The molecular weight excluding hydrogens is 579 g/mol. The lowest BCUT2D eigenvalue weighted by atomic mass is 10.0. The lowest BCUT2D eigenvalue weighted by Crippen LogP contribution is -2.34. The lowest BCUT2D eigenvalue weighted by molar-refractivity contribution is -0.133. The number of carbonyl (C=O) groups excluding carboxylic acids is 2. The number of imidazole rings is 1. The van der Waals surface area contributed by atoms with Crippen molar-refractivity contribution in [2.75, 3.05) is 6.54 Å². The first kappa shape index (κ1) is 25.9. The molecule has 6 rings (SSSR count). The molecule has 1 aliphatic rings. The van der Waals surface area contributed by atoms with E-state index in [0.29, 0.717) is 38.5 Å². The number of hydrogen-bond donors (Lipinski definition) is 1. The van der Waals surface area contributed by atoms with E-state index < -0.39 is 12.2 Å². The van der Waals surface area contributed by atoms with Gasteiger partial charge in [-0.2, -0.15) is 5.10 Å². The third-order valence-corrected chi connectivity index (χ3v) is 7.40. The number of amides is 1. The molecule has 0 spiro atoms. The summed E-state index contributed by atoms with van der Waals surface area (Å²) in [7, 11) is 0. The van der Waals surface area contributed by atoms with Gasteiger partial charge in [-0.3, -0.25) is 14.3 Å². The molecule has 12 heteroatoms. The highest BCUT2D eigenvalue weighted by molar-refractivity contribution is 9.10. The Morgan fingerprint density at radius 3 is 2.65 bits per heavy atom. The van der Waals surface area contributed by atoms with Crippen LogP contribution in [-0.2, 0) is 11.3 Å². The molecule has 1 fully saturated rings. The summed E-state index contributed by atoms with van der Waals surface area (Å²) in [5, 5.41) is 5.10. The van der Waals surface area contributed by atoms with Crippen molar-refractivity contribution in [3.05, 3.63) is 76.9 Å². The summed E-state index contributed by atoms with van der Waals surface area (Å²) < 4.78 is 16.8. The zero-order valence-electron chi connectivity index (χ0n) is 21.7. The van der Waals surface area contributed by atoms with Crippen LogP contribution in [0.5, 0.6) is 0 Å². The summed E-state index contributed by atoms with van der Waals surface area (Å²) >= 11 is 3.36. The number of ketones is 1. The predicted molar refractivity (Wildman–Crippen MR) is 149 cm³/mol. The molecule has 0 saturated carbocycles.